The largest absolute Gasteiger partial charge is 0.481 e. The highest BCUT2D eigenvalue weighted by Crippen LogP contribution is 2.22. The molecule has 0 atom stereocenters. The van der Waals surface area contributed by atoms with Crippen molar-refractivity contribution < 1.29 is 9.90 Å². The molecule has 0 saturated heterocycles. The fourth-order valence-electron chi connectivity index (χ4n) is 0.708. The van der Waals surface area contributed by atoms with E-state index in [9.17, 15) is 4.79 Å². The van der Waals surface area contributed by atoms with E-state index in [0.29, 0.717) is 6.42 Å². The van der Waals surface area contributed by atoms with Crippen molar-refractivity contribution in [1.29, 1.82) is 0 Å². The summed E-state index contributed by atoms with van der Waals surface area (Å²) >= 11 is 0. The van der Waals surface area contributed by atoms with E-state index < -0.39 is 5.97 Å². The van der Waals surface area contributed by atoms with Crippen LogP contribution in [0.25, 0.3) is 0 Å². The first-order valence-electron chi connectivity index (χ1n) is 4.38. The number of carbonyl (C=O) groups is 1. The number of rotatable bonds is 9. The number of aliphatic carboxylic acids is 1. The zero-order valence-electron chi connectivity index (χ0n) is 7.91. The number of carboxylic acid groups (broad SMARTS) is 1. The van der Waals surface area contributed by atoms with E-state index in [2.05, 4.69) is 5.32 Å². The van der Waals surface area contributed by atoms with Crippen LogP contribution in [0.1, 0.15) is 19.3 Å². The molecule has 0 unspecified atom stereocenters. The van der Waals surface area contributed by atoms with Gasteiger partial charge in [-0.1, -0.05) is 21.6 Å². The van der Waals surface area contributed by atoms with E-state index in [4.69, 9.17) is 5.11 Å². The van der Waals surface area contributed by atoms with Gasteiger partial charge in [-0.15, -0.1) is 0 Å². The number of nitrogens with one attached hydrogen (secondary N) is 1. The topological polar surface area (TPSA) is 49.3 Å². The summed E-state index contributed by atoms with van der Waals surface area (Å²) in [6.45, 7) is 1.06. The SMILES string of the molecule is CNCCCSSCCCC(=O)O. The molecule has 0 bridgehead atoms. The molecule has 0 amide bonds. The minimum Gasteiger partial charge on any atom is -0.481 e. The summed E-state index contributed by atoms with van der Waals surface area (Å²) in [6.07, 6.45) is 2.25. The summed E-state index contributed by atoms with van der Waals surface area (Å²) in [4.78, 5) is 10.1. The summed E-state index contributed by atoms with van der Waals surface area (Å²) < 4.78 is 0. The van der Waals surface area contributed by atoms with Gasteiger partial charge in [-0.3, -0.25) is 4.79 Å². The summed E-state index contributed by atoms with van der Waals surface area (Å²) in [5.41, 5.74) is 0. The molecule has 0 aliphatic heterocycles. The van der Waals surface area contributed by atoms with Crippen LogP contribution in [0.2, 0.25) is 0 Å². The first kappa shape index (κ1) is 13.1. The third kappa shape index (κ3) is 12.1. The molecule has 0 aliphatic carbocycles. The van der Waals surface area contributed by atoms with E-state index in [1.807, 2.05) is 17.8 Å². The molecule has 3 nitrogen and oxygen atoms in total. The summed E-state index contributed by atoms with van der Waals surface area (Å²) in [5, 5.41) is 11.4. The second-order valence-corrected chi connectivity index (χ2v) is 5.30. The van der Waals surface area contributed by atoms with Crippen molar-refractivity contribution in [1.82, 2.24) is 5.32 Å². The Labute approximate surface area is 87.4 Å². The summed E-state index contributed by atoms with van der Waals surface area (Å²) in [6, 6.07) is 0. The van der Waals surface area contributed by atoms with Gasteiger partial charge >= 0.3 is 5.97 Å². The van der Waals surface area contributed by atoms with Crippen LogP contribution in [0.15, 0.2) is 0 Å². The minimum absolute atomic E-state index is 0.296. The molecule has 5 heteroatoms. The van der Waals surface area contributed by atoms with Gasteiger partial charge in [0.25, 0.3) is 0 Å². The van der Waals surface area contributed by atoms with Crippen LogP contribution >= 0.6 is 21.6 Å². The maximum Gasteiger partial charge on any atom is 0.303 e. The Bertz CT molecular complexity index is 133. The van der Waals surface area contributed by atoms with Crippen molar-refractivity contribution >= 4 is 27.6 Å². The Hall–Kier alpha value is 0.130. The molecule has 13 heavy (non-hydrogen) atoms. The zero-order valence-corrected chi connectivity index (χ0v) is 9.55. The molecule has 2 N–H and O–H groups in total. The molecular weight excluding hydrogens is 206 g/mol. The summed E-state index contributed by atoms with van der Waals surface area (Å²) in [5.74, 6) is 1.38. The maximum atomic E-state index is 10.1. The molecule has 0 aromatic rings. The van der Waals surface area contributed by atoms with E-state index in [0.717, 1.165) is 24.5 Å². The Morgan fingerprint density at radius 1 is 1.31 bits per heavy atom. The molecule has 78 valence electrons. The van der Waals surface area contributed by atoms with Gasteiger partial charge in [0.1, 0.15) is 0 Å². The standard InChI is InChI=1S/C8H17NO2S2/c1-9-5-3-7-13-12-6-2-4-8(10)11/h9H,2-7H2,1H3,(H,10,11). The normalized spacial score (nSPS) is 10.2. The lowest BCUT2D eigenvalue weighted by Gasteiger charge is -1.99. The molecule has 0 fully saturated rings. The van der Waals surface area contributed by atoms with E-state index in [1.165, 1.54) is 6.42 Å². The smallest absolute Gasteiger partial charge is 0.303 e. The molecule has 0 aromatic carbocycles. The van der Waals surface area contributed by atoms with Gasteiger partial charge in [0, 0.05) is 17.9 Å². The predicted octanol–water partition coefficient (Wildman–Crippen LogP) is 1.84. The lowest BCUT2D eigenvalue weighted by molar-refractivity contribution is -0.137. The van der Waals surface area contributed by atoms with Gasteiger partial charge in [-0.05, 0) is 26.4 Å². The van der Waals surface area contributed by atoms with Crippen LogP contribution in [0.4, 0.5) is 0 Å². The van der Waals surface area contributed by atoms with Crippen LogP contribution in [0, 0.1) is 0 Å². The van der Waals surface area contributed by atoms with Gasteiger partial charge in [-0.25, -0.2) is 0 Å². The van der Waals surface area contributed by atoms with Crippen molar-refractivity contribution in [2.75, 3.05) is 25.1 Å². The number of carboxylic acids is 1. The second kappa shape index (κ2) is 10.2. The molecule has 0 spiro atoms. The van der Waals surface area contributed by atoms with Crippen molar-refractivity contribution in [2.45, 2.75) is 19.3 Å². The molecule has 0 aliphatic rings. The highest BCUT2D eigenvalue weighted by Gasteiger charge is 1.96. The molecular formula is C8H17NO2S2. The van der Waals surface area contributed by atoms with Crippen molar-refractivity contribution in [3.8, 4) is 0 Å². The summed E-state index contributed by atoms with van der Waals surface area (Å²) in [7, 11) is 5.55. The lowest BCUT2D eigenvalue weighted by Crippen LogP contribution is -2.07. The molecule has 0 saturated carbocycles. The van der Waals surface area contributed by atoms with Gasteiger partial charge in [-0.2, -0.15) is 0 Å². The highest BCUT2D eigenvalue weighted by molar-refractivity contribution is 8.76. The van der Waals surface area contributed by atoms with Crippen molar-refractivity contribution in [2.24, 2.45) is 0 Å². The van der Waals surface area contributed by atoms with Crippen LogP contribution in [-0.2, 0) is 4.79 Å². The van der Waals surface area contributed by atoms with Crippen molar-refractivity contribution in [3.63, 3.8) is 0 Å². The zero-order chi connectivity index (χ0) is 9.94. The van der Waals surface area contributed by atoms with E-state index >= 15 is 0 Å². The maximum absolute atomic E-state index is 10.1. The molecule has 0 heterocycles. The lowest BCUT2D eigenvalue weighted by atomic mass is 10.3. The highest BCUT2D eigenvalue weighted by atomic mass is 33.1. The third-order valence-corrected chi connectivity index (χ3v) is 3.93. The Balaban J connectivity index is 2.87. The average molecular weight is 223 g/mol. The van der Waals surface area contributed by atoms with Gasteiger partial charge in [0.05, 0.1) is 0 Å². The van der Waals surface area contributed by atoms with Crippen molar-refractivity contribution in [3.05, 3.63) is 0 Å². The second-order valence-electron chi connectivity index (χ2n) is 2.60. The molecule has 0 rings (SSSR count). The third-order valence-electron chi connectivity index (χ3n) is 1.36. The fourth-order valence-corrected chi connectivity index (χ4v) is 2.88. The monoisotopic (exact) mass is 223 g/mol. The fraction of sp³-hybridized carbons (Fsp3) is 0.875. The van der Waals surface area contributed by atoms with Crippen LogP contribution in [0.5, 0.6) is 0 Å². The first-order chi connectivity index (χ1) is 6.27. The Morgan fingerprint density at radius 2 is 1.92 bits per heavy atom. The number of hydrogen-bond acceptors (Lipinski definition) is 4. The van der Waals surface area contributed by atoms with E-state index in [1.54, 1.807) is 10.8 Å². The molecule has 0 radical (unpaired) electrons. The van der Waals surface area contributed by atoms with E-state index in [-0.39, 0.29) is 0 Å². The average Bonchev–Trinajstić information content (AvgIpc) is 2.09. The minimum atomic E-state index is -0.694. The Kier molecular flexibility index (Phi) is 10.3. The van der Waals surface area contributed by atoms with Crippen LogP contribution in [-0.4, -0.2) is 36.2 Å². The predicted molar refractivity (Wildman–Crippen MR) is 60.3 cm³/mol. The molecule has 0 aromatic heterocycles. The van der Waals surface area contributed by atoms with Crippen LogP contribution < -0.4 is 5.32 Å². The quantitative estimate of drug-likeness (QED) is 0.461. The first-order valence-corrected chi connectivity index (χ1v) is 6.87. The van der Waals surface area contributed by atoms with Gasteiger partial charge in [0.2, 0.25) is 0 Å². The number of hydrogen-bond donors (Lipinski definition) is 2. The Morgan fingerprint density at radius 3 is 2.46 bits per heavy atom. The van der Waals surface area contributed by atoms with Gasteiger partial charge < -0.3 is 10.4 Å². The van der Waals surface area contributed by atoms with Crippen LogP contribution in [0.3, 0.4) is 0 Å². The van der Waals surface area contributed by atoms with Gasteiger partial charge in [0.15, 0.2) is 0 Å².